The van der Waals surface area contributed by atoms with Crippen LogP contribution in [0.15, 0.2) is 49.1 Å². The zero-order valence-electron chi connectivity index (χ0n) is 12.6. The SMILES string of the molecule is O=C(Nc1cccc(-n2cnnn2)c1)C1CN(c2ncccn2)C1. The molecule has 0 aliphatic carbocycles. The van der Waals surface area contributed by atoms with E-state index in [4.69, 9.17) is 0 Å². The van der Waals surface area contributed by atoms with Crippen LogP contribution in [0.4, 0.5) is 11.6 Å². The van der Waals surface area contributed by atoms with Gasteiger partial charge in [-0.05, 0) is 34.7 Å². The third-order valence-electron chi connectivity index (χ3n) is 3.81. The molecule has 9 heteroatoms. The number of aromatic nitrogens is 6. The zero-order chi connectivity index (χ0) is 16.4. The number of hydrogen-bond donors (Lipinski definition) is 1. The first-order valence-electron chi connectivity index (χ1n) is 7.46. The number of nitrogens with zero attached hydrogens (tertiary/aromatic N) is 7. The Morgan fingerprint density at radius 2 is 2.00 bits per heavy atom. The van der Waals surface area contributed by atoms with Crippen LogP contribution in [0.1, 0.15) is 0 Å². The summed E-state index contributed by atoms with van der Waals surface area (Å²) >= 11 is 0. The van der Waals surface area contributed by atoms with Gasteiger partial charge in [0.2, 0.25) is 11.9 Å². The summed E-state index contributed by atoms with van der Waals surface area (Å²) in [7, 11) is 0. The second-order valence-corrected chi connectivity index (χ2v) is 5.44. The van der Waals surface area contributed by atoms with Gasteiger partial charge in [-0.1, -0.05) is 6.07 Å². The van der Waals surface area contributed by atoms with E-state index in [1.54, 1.807) is 18.5 Å². The van der Waals surface area contributed by atoms with Crippen molar-refractivity contribution in [2.24, 2.45) is 5.92 Å². The fourth-order valence-electron chi connectivity index (χ4n) is 2.51. The quantitative estimate of drug-likeness (QED) is 0.747. The largest absolute Gasteiger partial charge is 0.339 e. The van der Waals surface area contributed by atoms with Crippen LogP contribution in [-0.4, -0.2) is 49.2 Å². The number of amides is 1. The minimum Gasteiger partial charge on any atom is -0.339 e. The second-order valence-electron chi connectivity index (χ2n) is 5.44. The van der Waals surface area contributed by atoms with Crippen LogP contribution in [0.2, 0.25) is 0 Å². The first kappa shape index (κ1) is 14.2. The number of anilines is 2. The molecule has 1 aromatic carbocycles. The Hall–Kier alpha value is -3.36. The lowest BCUT2D eigenvalue weighted by Crippen LogP contribution is -2.52. The van der Waals surface area contributed by atoms with Crippen molar-refractivity contribution in [3.05, 3.63) is 49.1 Å². The molecular formula is C15H14N8O. The van der Waals surface area contributed by atoms with Crippen LogP contribution in [0.5, 0.6) is 0 Å². The monoisotopic (exact) mass is 322 g/mol. The maximum Gasteiger partial charge on any atom is 0.231 e. The smallest absolute Gasteiger partial charge is 0.231 e. The molecule has 1 amide bonds. The summed E-state index contributed by atoms with van der Waals surface area (Å²) in [5, 5.41) is 14.0. The number of tetrazole rings is 1. The Kier molecular flexibility index (Phi) is 3.58. The summed E-state index contributed by atoms with van der Waals surface area (Å²) in [5.74, 6) is 0.559. The topological polar surface area (TPSA) is 102 Å². The van der Waals surface area contributed by atoms with Crippen molar-refractivity contribution in [3.8, 4) is 5.69 Å². The molecule has 0 unspecified atom stereocenters. The van der Waals surface area contributed by atoms with Gasteiger partial charge < -0.3 is 10.2 Å². The van der Waals surface area contributed by atoms with Crippen molar-refractivity contribution in [2.75, 3.05) is 23.3 Å². The van der Waals surface area contributed by atoms with E-state index in [0.29, 0.717) is 24.7 Å². The highest BCUT2D eigenvalue weighted by Gasteiger charge is 2.34. The van der Waals surface area contributed by atoms with E-state index >= 15 is 0 Å². The normalized spacial score (nSPS) is 14.2. The third kappa shape index (κ3) is 2.78. The summed E-state index contributed by atoms with van der Waals surface area (Å²) in [6.45, 7) is 1.23. The van der Waals surface area contributed by atoms with Gasteiger partial charge >= 0.3 is 0 Å². The summed E-state index contributed by atoms with van der Waals surface area (Å²) in [4.78, 5) is 22.7. The third-order valence-corrected chi connectivity index (χ3v) is 3.81. The van der Waals surface area contributed by atoms with Crippen LogP contribution in [0.25, 0.3) is 5.69 Å². The zero-order valence-corrected chi connectivity index (χ0v) is 12.6. The highest BCUT2D eigenvalue weighted by Crippen LogP contribution is 2.22. The fourth-order valence-corrected chi connectivity index (χ4v) is 2.51. The summed E-state index contributed by atoms with van der Waals surface area (Å²) in [5.41, 5.74) is 1.49. The van der Waals surface area contributed by atoms with Crippen LogP contribution in [-0.2, 0) is 4.79 Å². The molecule has 3 heterocycles. The van der Waals surface area contributed by atoms with Crippen LogP contribution in [0.3, 0.4) is 0 Å². The van der Waals surface area contributed by atoms with Gasteiger partial charge in [0.15, 0.2) is 0 Å². The average Bonchev–Trinajstić information content (AvgIpc) is 3.09. The second kappa shape index (κ2) is 6.03. The van der Waals surface area contributed by atoms with E-state index in [9.17, 15) is 4.79 Å². The maximum absolute atomic E-state index is 12.3. The predicted octanol–water partition coefficient (Wildman–Crippen LogP) is 0.527. The van der Waals surface area contributed by atoms with Gasteiger partial charge in [-0.2, -0.15) is 0 Å². The number of carbonyl (C=O) groups excluding carboxylic acids is 1. The molecule has 24 heavy (non-hydrogen) atoms. The van der Waals surface area contributed by atoms with Gasteiger partial charge in [-0.3, -0.25) is 4.79 Å². The molecule has 1 fully saturated rings. The molecule has 1 N–H and O–H groups in total. The van der Waals surface area contributed by atoms with Crippen molar-refractivity contribution in [1.29, 1.82) is 0 Å². The van der Waals surface area contributed by atoms with E-state index in [0.717, 1.165) is 5.69 Å². The predicted molar refractivity (Wildman–Crippen MR) is 85.5 cm³/mol. The number of nitrogens with one attached hydrogen (secondary N) is 1. The minimum absolute atomic E-state index is 0.0175. The van der Waals surface area contributed by atoms with Crippen molar-refractivity contribution >= 4 is 17.5 Å². The number of hydrogen-bond acceptors (Lipinski definition) is 7. The molecule has 0 saturated carbocycles. The molecule has 0 spiro atoms. The molecule has 1 aliphatic heterocycles. The lowest BCUT2D eigenvalue weighted by Gasteiger charge is -2.38. The van der Waals surface area contributed by atoms with Gasteiger partial charge in [0.1, 0.15) is 6.33 Å². The van der Waals surface area contributed by atoms with Gasteiger partial charge in [-0.15, -0.1) is 5.10 Å². The Balaban J connectivity index is 1.38. The standard InChI is InChI=1S/C15H14N8O/c24-14(11-8-22(9-11)15-16-5-2-6-17-15)19-12-3-1-4-13(7-12)23-10-18-20-21-23/h1-7,10-11H,8-9H2,(H,19,24). The Morgan fingerprint density at radius 3 is 2.75 bits per heavy atom. The summed E-state index contributed by atoms with van der Waals surface area (Å²) < 4.78 is 1.54. The van der Waals surface area contributed by atoms with Gasteiger partial charge in [0, 0.05) is 31.2 Å². The number of benzene rings is 1. The maximum atomic E-state index is 12.3. The van der Waals surface area contributed by atoms with Gasteiger partial charge in [0.25, 0.3) is 0 Å². The fraction of sp³-hybridized carbons (Fsp3) is 0.200. The van der Waals surface area contributed by atoms with E-state index in [-0.39, 0.29) is 11.8 Å². The van der Waals surface area contributed by atoms with Crippen LogP contribution in [0, 0.1) is 5.92 Å². The number of carbonyl (C=O) groups is 1. The lowest BCUT2D eigenvalue weighted by molar-refractivity contribution is -0.120. The molecule has 9 nitrogen and oxygen atoms in total. The highest BCUT2D eigenvalue weighted by atomic mass is 16.2. The van der Waals surface area contributed by atoms with Crippen molar-refractivity contribution in [3.63, 3.8) is 0 Å². The lowest BCUT2D eigenvalue weighted by atomic mass is 9.99. The van der Waals surface area contributed by atoms with Gasteiger partial charge in [-0.25, -0.2) is 14.6 Å². The van der Waals surface area contributed by atoms with E-state index in [1.807, 2.05) is 29.2 Å². The molecule has 4 rings (SSSR count). The molecule has 1 aliphatic rings. The Bertz CT molecular complexity index is 830. The first-order chi connectivity index (χ1) is 11.8. The summed E-state index contributed by atoms with van der Waals surface area (Å²) in [6, 6.07) is 9.14. The Labute approximate surface area is 137 Å². The molecule has 1 saturated heterocycles. The molecule has 0 bridgehead atoms. The average molecular weight is 322 g/mol. The van der Waals surface area contributed by atoms with Crippen molar-refractivity contribution in [2.45, 2.75) is 0 Å². The van der Waals surface area contributed by atoms with E-state index < -0.39 is 0 Å². The minimum atomic E-state index is -0.0782. The molecule has 0 radical (unpaired) electrons. The molecule has 3 aromatic rings. The summed E-state index contributed by atoms with van der Waals surface area (Å²) in [6.07, 6.45) is 4.89. The van der Waals surface area contributed by atoms with Crippen molar-refractivity contribution in [1.82, 2.24) is 30.2 Å². The Morgan fingerprint density at radius 1 is 1.17 bits per heavy atom. The molecule has 120 valence electrons. The first-order valence-corrected chi connectivity index (χ1v) is 7.46. The van der Waals surface area contributed by atoms with Crippen molar-refractivity contribution < 1.29 is 4.79 Å². The molecule has 2 aromatic heterocycles. The van der Waals surface area contributed by atoms with E-state index in [2.05, 4.69) is 30.8 Å². The van der Waals surface area contributed by atoms with Gasteiger partial charge in [0.05, 0.1) is 11.6 Å². The number of rotatable bonds is 4. The molecule has 0 atom stereocenters. The highest BCUT2D eigenvalue weighted by molar-refractivity contribution is 5.94. The van der Waals surface area contributed by atoms with E-state index in [1.165, 1.54) is 11.0 Å². The van der Waals surface area contributed by atoms with Crippen LogP contribution >= 0.6 is 0 Å². The van der Waals surface area contributed by atoms with Crippen LogP contribution < -0.4 is 10.2 Å². The molecular weight excluding hydrogens is 308 g/mol.